The van der Waals surface area contributed by atoms with Crippen LogP contribution in [0.2, 0.25) is 0 Å². The van der Waals surface area contributed by atoms with E-state index in [0.29, 0.717) is 11.3 Å². The standard InChI is InChI=1S/C19H27NO/c1-12-5-8-17-13(9-12)10-18(21-17)15-11-14(19(2,3)4)6-7-16(15)20/h5,8-10,14-16H,6-7,11,20H2,1-4H3. The number of aryl methyl sites for hydroxylation is 1. The molecule has 0 spiro atoms. The molecule has 1 fully saturated rings. The van der Waals surface area contributed by atoms with E-state index in [2.05, 4.69) is 52.0 Å². The Hall–Kier alpha value is -1.28. The fourth-order valence-corrected chi connectivity index (χ4v) is 3.67. The third-order valence-electron chi connectivity index (χ3n) is 5.18. The minimum Gasteiger partial charge on any atom is -0.461 e. The van der Waals surface area contributed by atoms with Gasteiger partial charge in [0.2, 0.25) is 0 Å². The summed E-state index contributed by atoms with van der Waals surface area (Å²) in [4.78, 5) is 0. The van der Waals surface area contributed by atoms with Crippen LogP contribution in [-0.2, 0) is 0 Å². The number of furan rings is 1. The lowest BCUT2D eigenvalue weighted by atomic mass is 9.67. The summed E-state index contributed by atoms with van der Waals surface area (Å²) in [6.45, 7) is 9.14. The van der Waals surface area contributed by atoms with Crippen LogP contribution in [0.25, 0.3) is 11.0 Å². The SMILES string of the molecule is Cc1ccc2oc(C3CC(C(C)(C)C)CCC3N)cc2c1. The summed E-state index contributed by atoms with van der Waals surface area (Å²) >= 11 is 0. The molecule has 21 heavy (non-hydrogen) atoms. The molecule has 3 rings (SSSR count). The Labute approximate surface area is 127 Å². The average Bonchev–Trinajstić information content (AvgIpc) is 2.80. The molecule has 0 saturated heterocycles. The van der Waals surface area contributed by atoms with Crippen molar-refractivity contribution >= 4 is 11.0 Å². The van der Waals surface area contributed by atoms with Gasteiger partial charge < -0.3 is 10.2 Å². The molecular formula is C19H27NO. The second-order valence-electron chi connectivity index (χ2n) is 7.84. The van der Waals surface area contributed by atoms with Crippen molar-refractivity contribution in [3.8, 4) is 0 Å². The molecule has 2 nitrogen and oxygen atoms in total. The largest absolute Gasteiger partial charge is 0.461 e. The molecule has 0 bridgehead atoms. The van der Waals surface area contributed by atoms with Crippen LogP contribution >= 0.6 is 0 Å². The molecule has 2 aromatic rings. The average molecular weight is 285 g/mol. The lowest BCUT2D eigenvalue weighted by Crippen LogP contribution is -2.38. The van der Waals surface area contributed by atoms with Crippen LogP contribution in [-0.4, -0.2) is 6.04 Å². The van der Waals surface area contributed by atoms with E-state index in [1.807, 2.05) is 0 Å². The zero-order chi connectivity index (χ0) is 15.2. The molecule has 1 heterocycles. The van der Waals surface area contributed by atoms with E-state index in [1.165, 1.54) is 17.4 Å². The molecule has 2 N–H and O–H groups in total. The molecule has 1 aromatic carbocycles. The minimum atomic E-state index is 0.227. The molecule has 2 heteroatoms. The van der Waals surface area contributed by atoms with Gasteiger partial charge in [0, 0.05) is 17.3 Å². The summed E-state index contributed by atoms with van der Waals surface area (Å²) in [7, 11) is 0. The predicted molar refractivity (Wildman–Crippen MR) is 88.5 cm³/mol. The summed E-state index contributed by atoms with van der Waals surface area (Å²) in [6, 6.07) is 8.80. The van der Waals surface area contributed by atoms with E-state index >= 15 is 0 Å². The van der Waals surface area contributed by atoms with Crippen molar-refractivity contribution < 1.29 is 4.42 Å². The second kappa shape index (κ2) is 5.17. The van der Waals surface area contributed by atoms with Gasteiger partial charge in [-0.05, 0) is 55.7 Å². The lowest BCUT2D eigenvalue weighted by Gasteiger charge is -2.39. The Morgan fingerprint density at radius 2 is 1.90 bits per heavy atom. The highest BCUT2D eigenvalue weighted by molar-refractivity contribution is 5.78. The summed E-state index contributed by atoms with van der Waals surface area (Å²) in [5, 5.41) is 1.20. The Morgan fingerprint density at radius 3 is 2.62 bits per heavy atom. The first-order valence-electron chi connectivity index (χ1n) is 8.10. The van der Waals surface area contributed by atoms with Crippen molar-refractivity contribution in [2.24, 2.45) is 17.1 Å². The van der Waals surface area contributed by atoms with Gasteiger partial charge in [-0.25, -0.2) is 0 Å². The number of hydrogen-bond acceptors (Lipinski definition) is 2. The van der Waals surface area contributed by atoms with Crippen molar-refractivity contribution in [1.82, 2.24) is 0 Å². The van der Waals surface area contributed by atoms with Crippen LogP contribution in [0.1, 0.15) is 57.3 Å². The smallest absolute Gasteiger partial charge is 0.134 e. The van der Waals surface area contributed by atoms with E-state index in [1.54, 1.807) is 0 Å². The maximum Gasteiger partial charge on any atom is 0.134 e. The zero-order valence-electron chi connectivity index (χ0n) is 13.6. The summed E-state index contributed by atoms with van der Waals surface area (Å²) < 4.78 is 6.11. The zero-order valence-corrected chi connectivity index (χ0v) is 13.6. The van der Waals surface area contributed by atoms with Crippen molar-refractivity contribution in [2.45, 2.75) is 58.9 Å². The summed E-state index contributed by atoms with van der Waals surface area (Å²) in [6.07, 6.45) is 3.48. The van der Waals surface area contributed by atoms with Crippen molar-refractivity contribution in [3.63, 3.8) is 0 Å². The molecule has 1 aliphatic rings. The highest BCUT2D eigenvalue weighted by Crippen LogP contribution is 2.44. The van der Waals surface area contributed by atoms with Crippen LogP contribution in [0.15, 0.2) is 28.7 Å². The summed E-state index contributed by atoms with van der Waals surface area (Å²) in [5.41, 5.74) is 9.02. The normalized spacial score (nSPS) is 27.2. The monoisotopic (exact) mass is 285 g/mol. The topological polar surface area (TPSA) is 39.2 Å². The molecule has 0 radical (unpaired) electrons. The first-order valence-corrected chi connectivity index (χ1v) is 8.10. The molecule has 3 atom stereocenters. The van der Waals surface area contributed by atoms with Crippen molar-refractivity contribution in [1.29, 1.82) is 0 Å². The van der Waals surface area contributed by atoms with Gasteiger partial charge in [0.15, 0.2) is 0 Å². The van der Waals surface area contributed by atoms with Crippen LogP contribution < -0.4 is 5.73 Å². The maximum atomic E-state index is 6.41. The van der Waals surface area contributed by atoms with Gasteiger partial charge in [0.05, 0.1) is 0 Å². The predicted octanol–water partition coefficient (Wildman–Crippen LogP) is 5.00. The number of nitrogens with two attached hydrogens (primary N) is 1. The van der Waals surface area contributed by atoms with E-state index < -0.39 is 0 Å². The molecule has 1 aromatic heterocycles. The van der Waals surface area contributed by atoms with Gasteiger partial charge in [-0.1, -0.05) is 32.4 Å². The molecule has 3 unspecified atom stereocenters. The van der Waals surface area contributed by atoms with E-state index in [0.717, 1.165) is 30.1 Å². The Kier molecular flexibility index (Phi) is 3.61. The van der Waals surface area contributed by atoms with Crippen LogP contribution in [0, 0.1) is 18.3 Å². The van der Waals surface area contributed by atoms with Gasteiger partial charge in [-0.15, -0.1) is 0 Å². The number of benzene rings is 1. The number of fused-ring (bicyclic) bond motifs is 1. The Morgan fingerprint density at radius 1 is 1.14 bits per heavy atom. The highest BCUT2D eigenvalue weighted by atomic mass is 16.3. The fourth-order valence-electron chi connectivity index (χ4n) is 3.67. The Bertz CT molecular complexity index is 635. The highest BCUT2D eigenvalue weighted by Gasteiger charge is 2.36. The quantitative estimate of drug-likeness (QED) is 0.801. The van der Waals surface area contributed by atoms with Gasteiger partial charge >= 0.3 is 0 Å². The molecule has 1 saturated carbocycles. The van der Waals surface area contributed by atoms with Crippen LogP contribution in [0.5, 0.6) is 0 Å². The lowest BCUT2D eigenvalue weighted by molar-refractivity contribution is 0.147. The Balaban J connectivity index is 1.92. The van der Waals surface area contributed by atoms with E-state index in [-0.39, 0.29) is 6.04 Å². The second-order valence-corrected chi connectivity index (χ2v) is 7.84. The van der Waals surface area contributed by atoms with Gasteiger partial charge in [-0.3, -0.25) is 0 Å². The van der Waals surface area contributed by atoms with Gasteiger partial charge in [0.25, 0.3) is 0 Å². The molecule has 114 valence electrons. The summed E-state index contributed by atoms with van der Waals surface area (Å²) in [5.74, 6) is 2.16. The van der Waals surface area contributed by atoms with Crippen LogP contribution in [0.4, 0.5) is 0 Å². The van der Waals surface area contributed by atoms with Crippen molar-refractivity contribution in [3.05, 3.63) is 35.6 Å². The number of hydrogen-bond donors (Lipinski definition) is 1. The number of rotatable bonds is 1. The first-order chi connectivity index (χ1) is 9.84. The molecular weight excluding hydrogens is 258 g/mol. The molecule has 0 amide bonds. The maximum absolute atomic E-state index is 6.41. The fraction of sp³-hybridized carbons (Fsp3) is 0.579. The third kappa shape index (κ3) is 2.87. The first kappa shape index (κ1) is 14.6. The van der Waals surface area contributed by atoms with Crippen molar-refractivity contribution in [2.75, 3.05) is 0 Å². The van der Waals surface area contributed by atoms with Gasteiger partial charge in [0.1, 0.15) is 11.3 Å². The molecule has 0 aliphatic heterocycles. The third-order valence-corrected chi connectivity index (χ3v) is 5.18. The van der Waals surface area contributed by atoms with Gasteiger partial charge in [-0.2, -0.15) is 0 Å². The van der Waals surface area contributed by atoms with Crippen LogP contribution in [0.3, 0.4) is 0 Å². The van der Waals surface area contributed by atoms with E-state index in [4.69, 9.17) is 10.2 Å². The minimum absolute atomic E-state index is 0.227. The molecule has 1 aliphatic carbocycles. The van der Waals surface area contributed by atoms with E-state index in [9.17, 15) is 0 Å².